The summed E-state index contributed by atoms with van der Waals surface area (Å²) in [5, 5.41) is 3.27. The highest BCUT2D eigenvalue weighted by Crippen LogP contribution is 2.16. The van der Waals surface area contributed by atoms with E-state index in [-0.39, 0.29) is 23.5 Å². The molecule has 1 rings (SSSR count). The first-order chi connectivity index (χ1) is 10.2. The summed E-state index contributed by atoms with van der Waals surface area (Å²) in [7, 11) is 0. The van der Waals surface area contributed by atoms with E-state index in [0.717, 1.165) is 0 Å². The molecular weight excluding hydrogens is 304 g/mol. The smallest absolute Gasteiger partial charge is 0.276 e. The SMILES string of the molecule is CC(C)(C)NC(=S)NNC(=O)COc1ccccc1C(N)=O. The van der Waals surface area contributed by atoms with Gasteiger partial charge in [0.2, 0.25) is 0 Å². The summed E-state index contributed by atoms with van der Waals surface area (Å²) in [6.45, 7) is 5.53. The number of hydrogen-bond acceptors (Lipinski definition) is 4. The fraction of sp³-hybridized carbons (Fsp3) is 0.357. The first-order valence-corrected chi connectivity index (χ1v) is 6.98. The van der Waals surface area contributed by atoms with Gasteiger partial charge in [0, 0.05) is 5.54 Å². The van der Waals surface area contributed by atoms with Crippen LogP contribution in [-0.4, -0.2) is 29.1 Å². The van der Waals surface area contributed by atoms with Crippen molar-refractivity contribution >= 4 is 29.1 Å². The molecule has 0 unspecified atom stereocenters. The molecule has 7 nitrogen and oxygen atoms in total. The Morgan fingerprint density at radius 3 is 2.45 bits per heavy atom. The van der Waals surface area contributed by atoms with Crippen molar-refractivity contribution in [1.82, 2.24) is 16.2 Å². The zero-order valence-electron chi connectivity index (χ0n) is 12.7. The molecule has 120 valence electrons. The average Bonchev–Trinajstić information content (AvgIpc) is 2.41. The molecule has 0 radical (unpaired) electrons. The Balaban J connectivity index is 2.44. The molecule has 0 aromatic heterocycles. The van der Waals surface area contributed by atoms with Crippen molar-refractivity contribution in [1.29, 1.82) is 0 Å². The highest BCUT2D eigenvalue weighted by molar-refractivity contribution is 7.80. The van der Waals surface area contributed by atoms with Crippen LogP contribution in [0.2, 0.25) is 0 Å². The predicted molar refractivity (Wildman–Crippen MR) is 87.2 cm³/mol. The quantitative estimate of drug-likeness (QED) is 0.474. The van der Waals surface area contributed by atoms with Crippen LogP contribution in [0.4, 0.5) is 0 Å². The number of thiocarbonyl (C=S) groups is 1. The van der Waals surface area contributed by atoms with Crippen molar-refractivity contribution in [2.45, 2.75) is 26.3 Å². The van der Waals surface area contributed by atoms with Crippen LogP contribution in [0.25, 0.3) is 0 Å². The topological polar surface area (TPSA) is 105 Å². The summed E-state index contributed by atoms with van der Waals surface area (Å²) in [5.74, 6) is -0.817. The summed E-state index contributed by atoms with van der Waals surface area (Å²) >= 11 is 5.01. The fourth-order valence-electron chi connectivity index (χ4n) is 1.47. The van der Waals surface area contributed by atoms with Gasteiger partial charge in [0.15, 0.2) is 11.7 Å². The Labute approximate surface area is 134 Å². The molecule has 22 heavy (non-hydrogen) atoms. The second kappa shape index (κ2) is 7.60. The first-order valence-electron chi connectivity index (χ1n) is 6.57. The number of hydrazine groups is 1. The molecule has 8 heteroatoms. The minimum absolute atomic E-state index is 0.216. The van der Waals surface area contributed by atoms with E-state index < -0.39 is 11.8 Å². The fourth-order valence-corrected chi connectivity index (χ4v) is 1.83. The van der Waals surface area contributed by atoms with Gasteiger partial charge in [-0.25, -0.2) is 0 Å². The average molecular weight is 324 g/mol. The van der Waals surface area contributed by atoms with Crippen LogP contribution < -0.4 is 26.6 Å². The van der Waals surface area contributed by atoms with E-state index in [2.05, 4.69) is 16.2 Å². The predicted octanol–water partition coefficient (Wildman–Crippen LogP) is 0.458. The minimum atomic E-state index is -0.621. The summed E-state index contributed by atoms with van der Waals surface area (Å²) in [6.07, 6.45) is 0. The molecule has 0 atom stereocenters. The molecule has 0 fully saturated rings. The maximum absolute atomic E-state index is 11.7. The number of rotatable bonds is 4. The van der Waals surface area contributed by atoms with E-state index in [9.17, 15) is 9.59 Å². The maximum Gasteiger partial charge on any atom is 0.276 e. The summed E-state index contributed by atoms with van der Waals surface area (Å²) in [4.78, 5) is 22.9. The van der Waals surface area contributed by atoms with Gasteiger partial charge in [0.25, 0.3) is 11.8 Å². The molecule has 2 amide bonds. The lowest BCUT2D eigenvalue weighted by Crippen LogP contribution is -2.53. The van der Waals surface area contributed by atoms with E-state index in [1.807, 2.05) is 20.8 Å². The van der Waals surface area contributed by atoms with Crippen molar-refractivity contribution in [3.05, 3.63) is 29.8 Å². The number of nitrogens with one attached hydrogen (secondary N) is 3. The number of nitrogens with two attached hydrogens (primary N) is 1. The molecule has 0 saturated heterocycles. The van der Waals surface area contributed by atoms with Gasteiger partial charge in [-0.1, -0.05) is 12.1 Å². The van der Waals surface area contributed by atoms with Gasteiger partial charge < -0.3 is 15.8 Å². The summed E-state index contributed by atoms with van der Waals surface area (Å²) in [5.41, 5.74) is 10.2. The maximum atomic E-state index is 11.7. The molecular formula is C14H20N4O3S. The second-order valence-corrected chi connectivity index (χ2v) is 5.93. The van der Waals surface area contributed by atoms with Crippen LogP contribution >= 0.6 is 12.2 Å². The highest BCUT2D eigenvalue weighted by atomic mass is 32.1. The lowest BCUT2D eigenvalue weighted by molar-refractivity contribution is -0.123. The standard InChI is InChI=1S/C14H20N4O3S/c1-14(2,3)16-13(22)18-17-11(19)8-21-10-7-5-4-6-9(10)12(15)20/h4-7H,8H2,1-3H3,(H2,15,20)(H,17,19)(H2,16,18,22). The lowest BCUT2D eigenvalue weighted by Gasteiger charge is -2.23. The van der Waals surface area contributed by atoms with Gasteiger partial charge in [-0.3, -0.25) is 20.4 Å². The number of carbonyl (C=O) groups is 2. The van der Waals surface area contributed by atoms with E-state index in [0.29, 0.717) is 5.11 Å². The summed E-state index contributed by atoms with van der Waals surface area (Å²) in [6, 6.07) is 6.42. The zero-order valence-corrected chi connectivity index (χ0v) is 13.5. The molecule has 0 aliphatic rings. The van der Waals surface area contributed by atoms with Gasteiger partial charge in [0.05, 0.1) is 5.56 Å². The monoisotopic (exact) mass is 324 g/mol. The van der Waals surface area contributed by atoms with Crippen LogP contribution in [0.15, 0.2) is 24.3 Å². The van der Waals surface area contributed by atoms with Crippen LogP contribution in [0, 0.1) is 0 Å². The van der Waals surface area contributed by atoms with Crippen molar-refractivity contribution in [3.8, 4) is 5.75 Å². The molecule has 0 heterocycles. The number of amides is 2. The molecule has 1 aromatic rings. The number of carbonyl (C=O) groups excluding carboxylic acids is 2. The zero-order chi connectivity index (χ0) is 16.8. The molecule has 0 bridgehead atoms. The van der Waals surface area contributed by atoms with Crippen molar-refractivity contribution in [3.63, 3.8) is 0 Å². The van der Waals surface area contributed by atoms with E-state index in [1.165, 1.54) is 6.07 Å². The third-order valence-corrected chi connectivity index (χ3v) is 2.52. The Bertz CT molecular complexity index is 569. The first kappa shape index (κ1) is 17.7. The summed E-state index contributed by atoms with van der Waals surface area (Å²) < 4.78 is 5.28. The number of benzene rings is 1. The van der Waals surface area contributed by atoms with Crippen molar-refractivity contribution < 1.29 is 14.3 Å². The molecule has 0 aliphatic heterocycles. The van der Waals surface area contributed by atoms with E-state index in [4.69, 9.17) is 22.7 Å². The molecule has 5 N–H and O–H groups in total. The third kappa shape index (κ3) is 6.40. The van der Waals surface area contributed by atoms with Gasteiger partial charge in [-0.2, -0.15) is 0 Å². The number of hydrogen-bond donors (Lipinski definition) is 4. The Morgan fingerprint density at radius 2 is 1.86 bits per heavy atom. The Hall–Kier alpha value is -2.35. The molecule has 0 spiro atoms. The Morgan fingerprint density at radius 1 is 1.23 bits per heavy atom. The highest BCUT2D eigenvalue weighted by Gasteiger charge is 2.12. The van der Waals surface area contributed by atoms with Crippen molar-refractivity contribution in [2.75, 3.05) is 6.61 Å². The third-order valence-electron chi connectivity index (χ3n) is 2.32. The lowest BCUT2D eigenvalue weighted by atomic mass is 10.1. The molecule has 0 aliphatic carbocycles. The van der Waals surface area contributed by atoms with Crippen molar-refractivity contribution in [2.24, 2.45) is 5.73 Å². The number of ether oxygens (including phenoxy) is 1. The van der Waals surface area contributed by atoms with Gasteiger partial charge in [-0.05, 0) is 45.1 Å². The number of primary amides is 1. The van der Waals surface area contributed by atoms with Crippen LogP contribution in [0.3, 0.4) is 0 Å². The van der Waals surface area contributed by atoms with E-state index >= 15 is 0 Å². The van der Waals surface area contributed by atoms with Crippen LogP contribution in [0.5, 0.6) is 5.75 Å². The molecule has 1 aromatic carbocycles. The largest absolute Gasteiger partial charge is 0.483 e. The van der Waals surface area contributed by atoms with E-state index in [1.54, 1.807) is 18.2 Å². The Kier molecular flexibility index (Phi) is 6.11. The second-order valence-electron chi connectivity index (χ2n) is 5.53. The van der Waals surface area contributed by atoms with Gasteiger partial charge >= 0.3 is 0 Å². The minimum Gasteiger partial charge on any atom is -0.483 e. The van der Waals surface area contributed by atoms with Gasteiger partial charge in [0.1, 0.15) is 5.75 Å². The van der Waals surface area contributed by atoms with Crippen LogP contribution in [-0.2, 0) is 4.79 Å². The van der Waals surface area contributed by atoms with Gasteiger partial charge in [-0.15, -0.1) is 0 Å². The molecule has 0 saturated carbocycles. The van der Waals surface area contributed by atoms with Crippen LogP contribution in [0.1, 0.15) is 31.1 Å². The number of para-hydroxylation sites is 1. The normalized spacial score (nSPS) is 10.5.